The van der Waals surface area contributed by atoms with Gasteiger partial charge in [0.25, 0.3) is 0 Å². The van der Waals surface area contributed by atoms with Gasteiger partial charge in [0.05, 0.1) is 0 Å². The molecule has 0 N–H and O–H groups in total. The molecule has 130 valence electrons. The Morgan fingerprint density at radius 1 is 1.22 bits per heavy atom. The van der Waals surface area contributed by atoms with Crippen molar-refractivity contribution in [1.82, 2.24) is 4.98 Å². The summed E-state index contributed by atoms with van der Waals surface area (Å²) in [5.74, 6) is 3.51. The molecule has 2 fully saturated rings. The van der Waals surface area contributed by atoms with Gasteiger partial charge in [0.1, 0.15) is 5.78 Å². The van der Waals surface area contributed by atoms with Crippen molar-refractivity contribution in [1.29, 1.82) is 0 Å². The van der Waals surface area contributed by atoms with Crippen molar-refractivity contribution in [2.45, 2.75) is 73.6 Å². The number of aryl methyl sites for hydroxylation is 2. The Labute approximate surface area is 143 Å². The third-order valence-corrected chi connectivity index (χ3v) is 5.06. The largest absolute Gasteiger partial charge is 0.299 e. The average Bonchev–Trinajstić information content (AvgIpc) is 3.39. The number of ketones is 1. The molecule has 0 amide bonds. The number of hydrogen-bond acceptors (Lipinski definition) is 2. The third-order valence-electron chi connectivity index (χ3n) is 5.06. The molecule has 3 rings (SSSR count). The Bertz CT molecular complexity index is 459. The molecule has 0 radical (unpaired) electrons. The number of rotatable bonds is 4. The van der Waals surface area contributed by atoms with E-state index < -0.39 is 0 Å². The van der Waals surface area contributed by atoms with Gasteiger partial charge in [-0.25, -0.2) is 0 Å². The van der Waals surface area contributed by atoms with Gasteiger partial charge in [-0.1, -0.05) is 40.7 Å². The molecule has 0 spiro atoms. The first-order chi connectivity index (χ1) is 11.1. The van der Waals surface area contributed by atoms with Crippen molar-refractivity contribution in [3.63, 3.8) is 0 Å². The maximum atomic E-state index is 11.5. The molecule has 0 aliphatic heterocycles. The van der Waals surface area contributed by atoms with E-state index in [-0.39, 0.29) is 0 Å². The standard InChI is InChI=1S/C11H18O.C8H11N.C2H6/c1-3-10(12)9-6-7(2)11(9)8-4-5-8;1-3-8-5-4-7(2)9-6-8;1-2/h7-9,11H,3-6H2,1-2H3;4-6H,3H2,1-2H3;1-2H3. The molecule has 1 aromatic heterocycles. The SMILES string of the molecule is CC.CCC(=O)C1CC(C)C1C1CC1.CCc1ccc(C)nc1. The minimum Gasteiger partial charge on any atom is -0.299 e. The highest BCUT2D eigenvalue weighted by Crippen LogP contribution is 2.54. The van der Waals surface area contributed by atoms with E-state index in [1.807, 2.05) is 40.0 Å². The Morgan fingerprint density at radius 2 is 1.87 bits per heavy atom. The Hall–Kier alpha value is -1.18. The highest BCUT2D eigenvalue weighted by molar-refractivity contribution is 5.82. The molecular formula is C21H35NO. The van der Waals surface area contributed by atoms with Crippen LogP contribution < -0.4 is 0 Å². The molecule has 1 heterocycles. The molecule has 2 aliphatic carbocycles. The summed E-state index contributed by atoms with van der Waals surface area (Å²) < 4.78 is 0. The molecule has 3 atom stereocenters. The van der Waals surface area contributed by atoms with Gasteiger partial charge in [-0.15, -0.1) is 0 Å². The van der Waals surface area contributed by atoms with Gasteiger partial charge in [-0.05, 0) is 62.0 Å². The summed E-state index contributed by atoms with van der Waals surface area (Å²) in [4.78, 5) is 15.6. The zero-order valence-electron chi connectivity index (χ0n) is 15.9. The van der Waals surface area contributed by atoms with Crippen LogP contribution in [0.15, 0.2) is 18.3 Å². The normalized spacial score (nSPS) is 25.2. The second-order valence-electron chi connectivity index (χ2n) is 6.72. The summed E-state index contributed by atoms with van der Waals surface area (Å²) in [5, 5.41) is 0. The zero-order valence-corrected chi connectivity index (χ0v) is 15.9. The lowest BCUT2D eigenvalue weighted by Gasteiger charge is -2.42. The molecule has 2 aliphatic rings. The molecule has 2 saturated carbocycles. The molecule has 2 heteroatoms. The topological polar surface area (TPSA) is 30.0 Å². The van der Waals surface area contributed by atoms with Gasteiger partial charge in [-0.2, -0.15) is 0 Å². The van der Waals surface area contributed by atoms with Crippen LogP contribution in [0.2, 0.25) is 0 Å². The maximum absolute atomic E-state index is 11.5. The first-order valence-electron chi connectivity index (χ1n) is 9.51. The first kappa shape index (κ1) is 19.9. The van der Waals surface area contributed by atoms with Crippen LogP contribution in [0.25, 0.3) is 0 Å². The minimum absolute atomic E-state index is 0.456. The first-order valence-corrected chi connectivity index (χ1v) is 9.51. The predicted octanol–water partition coefficient (Wildman–Crippen LogP) is 5.63. The number of nitrogens with zero attached hydrogens (tertiary/aromatic N) is 1. The van der Waals surface area contributed by atoms with Crippen molar-refractivity contribution in [3.05, 3.63) is 29.6 Å². The zero-order chi connectivity index (χ0) is 17.4. The summed E-state index contributed by atoms with van der Waals surface area (Å²) in [6.07, 6.45) is 7.71. The van der Waals surface area contributed by atoms with Crippen molar-refractivity contribution >= 4 is 5.78 Å². The second-order valence-corrected chi connectivity index (χ2v) is 6.72. The van der Waals surface area contributed by atoms with Crippen LogP contribution in [0, 0.1) is 30.6 Å². The van der Waals surface area contributed by atoms with Crippen molar-refractivity contribution < 1.29 is 4.79 Å². The van der Waals surface area contributed by atoms with E-state index in [0.29, 0.717) is 11.7 Å². The summed E-state index contributed by atoms with van der Waals surface area (Å²) >= 11 is 0. The van der Waals surface area contributed by atoms with Crippen LogP contribution in [0.4, 0.5) is 0 Å². The predicted molar refractivity (Wildman–Crippen MR) is 98.5 cm³/mol. The third kappa shape index (κ3) is 5.75. The Balaban J connectivity index is 0.000000215. The number of carbonyl (C=O) groups is 1. The lowest BCUT2D eigenvalue weighted by Crippen LogP contribution is -2.41. The van der Waals surface area contributed by atoms with E-state index in [4.69, 9.17) is 0 Å². The van der Waals surface area contributed by atoms with E-state index >= 15 is 0 Å². The number of Topliss-reactive ketones (excluding diaryl/α,β-unsaturated/α-hetero) is 1. The van der Waals surface area contributed by atoms with Crippen LogP contribution in [0.3, 0.4) is 0 Å². The minimum atomic E-state index is 0.456. The van der Waals surface area contributed by atoms with Gasteiger partial charge in [0.2, 0.25) is 0 Å². The van der Waals surface area contributed by atoms with Crippen LogP contribution >= 0.6 is 0 Å². The molecular weight excluding hydrogens is 282 g/mol. The van der Waals surface area contributed by atoms with Crippen molar-refractivity contribution in [3.8, 4) is 0 Å². The maximum Gasteiger partial charge on any atom is 0.136 e. The monoisotopic (exact) mass is 317 g/mol. The second kappa shape index (κ2) is 9.85. The summed E-state index contributed by atoms with van der Waals surface area (Å²) in [6, 6.07) is 4.15. The summed E-state index contributed by atoms with van der Waals surface area (Å²) in [5.41, 5.74) is 2.40. The Kier molecular flexibility index (Phi) is 8.51. The smallest absolute Gasteiger partial charge is 0.136 e. The quantitative estimate of drug-likeness (QED) is 0.720. The van der Waals surface area contributed by atoms with Gasteiger partial charge >= 0.3 is 0 Å². The molecule has 1 aromatic rings. The van der Waals surface area contributed by atoms with Gasteiger partial charge in [0.15, 0.2) is 0 Å². The summed E-state index contributed by atoms with van der Waals surface area (Å²) in [6.45, 7) is 12.4. The van der Waals surface area contributed by atoms with Gasteiger partial charge in [-0.3, -0.25) is 9.78 Å². The fourth-order valence-electron chi connectivity index (χ4n) is 3.51. The fourth-order valence-corrected chi connectivity index (χ4v) is 3.51. The number of pyridine rings is 1. The van der Waals surface area contributed by atoms with E-state index in [1.165, 1.54) is 24.8 Å². The van der Waals surface area contributed by atoms with Crippen LogP contribution in [0.5, 0.6) is 0 Å². The summed E-state index contributed by atoms with van der Waals surface area (Å²) in [7, 11) is 0. The molecule has 3 unspecified atom stereocenters. The molecule has 2 nitrogen and oxygen atoms in total. The lowest BCUT2D eigenvalue weighted by molar-refractivity contribution is -0.131. The van der Waals surface area contributed by atoms with E-state index in [9.17, 15) is 4.79 Å². The van der Waals surface area contributed by atoms with Crippen molar-refractivity contribution in [2.75, 3.05) is 0 Å². The number of hydrogen-bond donors (Lipinski definition) is 0. The van der Waals surface area contributed by atoms with Crippen LogP contribution in [0.1, 0.15) is 71.6 Å². The van der Waals surface area contributed by atoms with E-state index in [2.05, 4.69) is 24.9 Å². The highest BCUT2D eigenvalue weighted by Gasteiger charge is 2.49. The Morgan fingerprint density at radius 3 is 2.26 bits per heavy atom. The highest BCUT2D eigenvalue weighted by atomic mass is 16.1. The molecule has 23 heavy (non-hydrogen) atoms. The average molecular weight is 318 g/mol. The number of carbonyl (C=O) groups excluding carboxylic acids is 1. The van der Waals surface area contributed by atoms with E-state index in [1.54, 1.807) is 0 Å². The molecule has 0 aromatic carbocycles. The fraction of sp³-hybridized carbons (Fsp3) is 0.714. The van der Waals surface area contributed by atoms with Crippen LogP contribution in [-0.4, -0.2) is 10.8 Å². The number of aromatic nitrogens is 1. The lowest BCUT2D eigenvalue weighted by atomic mass is 9.61. The van der Waals surface area contributed by atoms with Gasteiger partial charge in [0, 0.05) is 24.2 Å². The van der Waals surface area contributed by atoms with Gasteiger partial charge < -0.3 is 0 Å². The van der Waals surface area contributed by atoms with Crippen LogP contribution in [-0.2, 0) is 11.2 Å². The van der Waals surface area contributed by atoms with E-state index in [0.717, 1.165) is 36.3 Å². The molecule has 0 bridgehead atoms. The molecule has 0 saturated heterocycles. The van der Waals surface area contributed by atoms with Crippen molar-refractivity contribution in [2.24, 2.45) is 23.7 Å².